The zero-order valence-corrected chi connectivity index (χ0v) is 20.9. The molecule has 0 bridgehead atoms. The molecule has 0 atom stereocenters. The maximum absolute atomic E-state index is 13.4. The molecule has 2 N–H and O–H groups in total. The average molecular weight is 490 g/mol. The van der Waals surface area contributed by atoms with E-state index in [1.54, 1.807) is 16.6 Å². The topological polar surface area (TPSA) is 87.0 Å². The van der Waals surface area contributed by atoms with Gasteiger partial charge in [-0.05, 0) is 45.0 Å². The molecule has 9 nitrogen and oxygen atoms in total. The van der Waals surface area contributed by atoms with Crippen molar-refractivity contribution in [1.29, 1.82) is 0 Å². The van der Waals surface area contributed by atoms with Crippen molar-refractivity contribution in [3.63, 3.8) is 0 Å². The first-order valence-corrected chi connectivity index (χ1v) is 12.2. The van der Waals surface area contributed by atoms with E-state index in [9.17, 15) is 9.18 Å². The number of likely N-dealkylation sites (N-methyl/N-ethyl adjacent to an activating group) is 1. The van der Waals surface area contributed by atoms with E-state index in [1.165, 1.54) is 23.5 Å². The lowest BCUT2D eigenvalue weighted by Crippen LogP contribution is -2.43. The molecule has 3 aromatic rings. The van der Waals surface area contributed by atoms with E-state index in [0.29, 0.717) is 22.3 Å². The molecule has 11 heteroatoms. The number of fused-ring (bicyclic) bond motifs is 1. The number of anilines is 2. The van der Waals surface area contributed by atoms with Crippen LogP contribution in [0.4, 0.5) is 15.3 Å². The highest BCUT2D eigenvalue weighted by atomic mass is 32.1. The van der Waals surface area contributed by atoms with Gasteiger partial charge in [-0.15, -0.1) is 5.10 Å². The molecule has 1 saturated heterocycles. The summed E-state index contributed by atoms with van der Waals surface area (Å²) < 4.78 is 20.6. The van der Waals surface area contributed by atoms with Crippen LogP contribution in [0.25, 0.3) is 16.2 Å². The minimum atomic E-state index is -0.291. The Kier molecular flexibility index (Phi) is 7.34. The molecule has 4 rings (SSSR count). The fourth-order valence-corrected chi connectivity index (χ4v) is 4.55. The third-order valence-electron chi connectivity index (χ3n) is 5.37. The molecule has 1 amide bonds. The standard InChI is InChI=1S/C23H32FN7O2S/c1-23(2,3)27-20-19(16-5-7-17(24)8-6-16)26-21-31(20)28-22(34-21)29(4)15-18(32)25-9-10-30-11-13-33-14-12-30/h5-8,27H,9-15H2,1-4H3,(H,25,32). The number of carbonyl (C=O) groups is 1. The summed E-state index contributed by atoms with van der Waals surface area (Å²) in [5.74, 6) is 0.393. The van der Waals surface area contributed by atoms with Crippen LogP contribution in [0, 0.1) is 5.82 Å². The summed E-state index contributed by atoms with van der Waals surface area (Å²) in [6.45, 7) is 11.1. The summed E-state index contributed by atoms with van der Waals surface area (Å²) in [6, 6.07) is 6.27. The van der Waals surface area contributed by atoms with Crippen molar-refractivity contribution in [2.45, 2.75) is 26.3 Å². The minimum Gasteiger partial charge on any atom is -0.379 e. The van der Waals surface area contributed by atoms with Crippen LogP contribution in [0.15, 0.2) is 24.3 Å². The fourth-order valence-electron chi connectivity index (χ4n) is 3.69. The van der Waals surface area contributed by atoms with Gasteiger partial charge in [0.1, 0.15) is 11.5 Å². The Balaban J connectivity index is 1.46. The quantitative estimate of drug-likeness (QED) is 0.503. The largest absolute Gasteiger partial charge is 0.379 e. The number of hydrogen-bond acceptors (Lipinski definition) is 8. The Morgan fingerprint density at radius 3 is 2.62 bits per heavy atom. The second-order valence-corrected chi connectivity index (χ2v) is 10.4. The van der Waals surface area contributed by atoms with Crippen LogP contribution in [-0.4, -0.2) is 83.9 Å². The van der Waals surface area contributed by atoms with Crippen LogP contribution in [0.5, 0.6) is 0 Å². The van der Waals surface area contributed by atoms with Crippen molar-refractivity contribution in [3.8, 4) is 11.3 Å². The number of halogens is 1. The van der Waals surface area contributed by atoms with Crippen LogP contribution >= 0.6 is 11.3 Å². The van der Waals surface area contributed by atoms with Gasteiger partial charge >= 0.3 is 0 Å². The second-order valence-electron chi connectivity index (χ2n) is 9.43. The van der Waals surface area contributed by atoms with E-state index in [-0.39, 0.29) is 23.8 Å². The highest BCUT2D eigenvalue weighted by Crippen LogP contribution is 2.34. The normalized spacial score (nSPS) is 15.0. The van der Waals surface area contributed by atoms with Gasteiger partial charge in [0.15, 0.2) is 5.82 Å². The molecule has 0 unspecified atom stereocenters. The van der Waals surface area contributed by atoms with Gasteiger partial charge in [-0.1, -0.05) is 11.3 Å². The van der Waals surface area contributed by atoms with E-state index in [0.717, 1.165) is 44.2 Å². The summed E-state index contributed by atoms with van der Waals surface area (Å²) >= 11 is 1.40. The molecular weight excluding hydrogens is 457 g/mol. The molecule has 1 aromatic carbocycles. The number of ether oxygens (including phenoxy) is 1. The number of imidazole rings is 1. The number of amides is 1. The molecule has 0 saturated carbocycles. The van der Waals surface area contributed by atoms with Crippen LogP contribution in [0.2, 0.25) is 0 Å². The Labute approximate surface area is 202 Å². The van der Waals surface area contributed by atoms with Gasteiger partial charge in [0, 0.05) is 44.3 Å². The number of carbonyl (C=O) groups excluding carboxylic acids is 1. The van der Waals surface area contributed by atoms with Crippen LogP contribution in [0.1, 0.15) is 20.8 Å². The minimum absolute atomic E-state index is 0.0522. The van der Waals surface area contributed by atoms with E-state index in [2.05, 4.69) is 36.3 Å². The maximum atomic E-state index is 13.4. The zero-order valence-electron chi connectivity index (χ0n) is 20.1. The summed E-state index contributed by atoms with van der Waals surface area (Å²) in [7, 11) is 1.84. The van der Waals surface area contributed by atoms with Crippen molar-refractivity contribution < 1.29 is 13.9 Å². The molecule has 0 aliphatic carbocycles. The lowest BCUT2D eigenvalue weighted by Gasteiger charge is -2.26. The number of rotatable bonds is 8. The summed E-state index contributed by atoms with van der Waals surface area (Å²) in [5.41, 5.74) is 1.28. The Hall–Kier alpha value is -2.76. The number of nitrogens with zero attached hydrogens (tertiary/aromatic N) is 5. The van der Waals surface area contributed by atoms with Crippen molar-refractivity contribution in [2.24, 2.45) is 0 Å². The predicted octanol–water partition coefficient (Wildman–Crippen LogP) is 2.69. The van der Waals surface area contributed by atoms with Crippen LogP contribution < -0.4 is 15.5 Å². The Bertz CT molecular complexity index is 1120. The number of benzene rings is 1. The number of aromatic nitrogens is 3. The lowest BCUT2D eigenvalue weighted by molar-refractivity contribution is -0.119. The van der Waals surface area contributed by atoms with Gasteiger partial charge in [0.25, 0.3) is 0 Å². The first-order chi connectivity index (χ1) is 16.2. The van der Waals surface area contributed by atoms with Crippen LogP contribution in [-0.2, 0) is 9.53 Å². The summed E-state index contributed by atoms with van der Waals surface area (Å²) in [6.07, 6.45) is 0. The van der Waals surface area contributed by atoms with Gasteiger partial charge < -0.3 is 20.3 Å². The molecule has 1 aliphatic rings. The van der Waals surface area contributed by atoms with Gasteiger partial charge in [-0.3, -0.25) is 9.69 Å². The van der Waals surface area contributed by atoms with Gasteiger partial charge in [0.2, 0.25) is 16.0 Å². The van der Waals surface area contributed by atoms with Crippen molar-refractivity contribution in [3.05, 3.63) is 30.1 Å². The highest BCUT2D eigenvalue weighted by molar-refractivity contribution is 7.20. The lowest BCUT2D eigenvalue weighted by atomic mass is 10.1. The molecule has 0 radical (unpaired) electrons. The molecule has 2 aromatic heterocycles. The number of hydrogen-bond donors (Lipinski definition) is 2. The second kappa shape index (κ2) is 10.2. The predicted molar refractivity (Wildman–Crippen MR) is 133 cm³/mol. The maximum Gasteiger partial charge on any atom is 0.239 e. The Morgan fingerprint density at radius 1 is 1.24 bits per heavy atom. The monoisotopic (exact) mass is 489 g/mol. The van der Waals surface area contributed by atoms with Crippen molar-refractivity contribution >= 4 is 33.2 Å². The first kappa shape index (κ1) is 24.4. The van der Waals surface area contributed by atoms with E-state index in [4.69, 9.17) is 14.8 Å². The molecule has 0 spiro atoms. The first-order valence-electron chi connectivity index (χ1n) is 11.4. The van der Waals surface area contributed by atoms with Crippen molar-refractivity contribution in [2.75, 3.05) is 63.2 Å². The molecule has 1 aliphatic heterocycles. The van der Waals surface area contributed by atoms with Crippen LogP contribution in [0.3, 0.4) is 0 Å². The summed E-state index contributed by atoms with van der Waals surface area (Å²) in [4.78, 5) is 22.0. The third kappa shape index (κ3) is 6.02. The highest BCUT2D eigenvalue weighted by Gasteiger charge is 2.23. The average Bonchev–Trinajstić information content (AvgIpc) is 3.34. The molecule has 34 heavy (non-hydrogen) atoms. The zero-order chi connectivity index (χ0) is 24.3. The summed E-state index contributed by atoms with van der Waals surface area (Å²) in [5, 5.41) is 11.9. The van der Waals surface area contributed by atoms with E-state index >= 15 is 0 Å². The number of morpholine rings is 1. The smallest absolute Gasteiger partial charge is 0.239 e. The molecular formula is C23H32FN7O2S. The van der Waals surface area contributed by atoms with Gasteiger partial charge in [-0.2, -0.15) is 4.52 Å². The molecule has 184 valence electrons. The van der Waals surface area contributed by atoms with E-state index < -0.39 is 0 Å². The van der Waals surface area contributed by atoms with Crippen molar-refractivity contribution in [1.82, 2.24) is 24.8 Å². The van der Waals surface area contributed by atoms with E-state index in [1.807, 2.05) is 11.9 Å². The van der Waals surface area contributed by atoms with Gasteiger partial charge in [-0.25, -0.2) is 9.37 Å². The SMILES string of the molecule is CN(CC(=O)NCCN1CCOCC1)c1nn2c(NC(C)(C)C)c(-c3ccc(F)cc3)nc2s1. The Morgan fingerprint density at radius 2 is 1.94 bits per heavy atom. The third-order valence-corrected chi connectivity index (χ3v) is 6.39. The number of nitrogens with one attached hydrogen (secondary N) is 2. The molecule has 1 fully saturated rings. The molecule has 3 heterocycles. The van der Waals surface area contributed by atoms with Gasteiger partial charge in [0.05, 0.1) is 19.8 Å². The fraction of sp³-hybridized carbons (Fsp3) is 0.522.